The number of aromatic nitrogens is 2. The smallest absolute Gasteiger partial charge is 0.168 e. The number of hydrogen-bond donors (Lipinski definition) is 1. The highest BCUT2D eigenvalue weighted by Crippen LogP contribution is 2.25. The van der Waals surface area contributed by atoms with Gasteiger partial charge in [0.1, 0.15) is 18.2 Å². The maximum absolute atomic E-state index is 8.96. The predicted octanol–water partition coefficient (Wildman–Crippen LogP) is 2.89. The molecule has 1 aromatic heterocycles. The minimum atomic E-state index is 0.296. The van der Waals surface area contributed by atoms with E-state index in [4.69, 9.17) is 10.00 Å². The molecule has 5 nitrogen and oxygen atoms in total. The molecule has 0 saturated carbocycles. The first-order valence-corrected chi connectivity index (χ1v) is 6.70. The number of benzene rings is 1. The van der Waals surface area contributed by atoms with Gasteiger partial charge >= 0.3 is 0 Å². The molecule has 108 valence electrons. The van der Waals surface area contributed by atoms with Gasteiger partial charge in [-0.2, -0.15) is 5.26 Å². The van der Waals surface area contributed by atoms with Gasteiger partial charge < -0.3 is 10.1 Å². The fraction of sp³-hybridized carbons (Fsp3) is 0.312. The van der Waals surface area contributed by atoms with Gasteiger partial charge in [0.2, 0.25) is 0 Å². The molecule has 5 heteroatoms. The predicted molar refractivity (Wildman–Crippen MR) is 81.3 cm³/mol. The van der Waals surface area contributed by atoms with E-state index in [1.165, 1.54) is 0 Å². The van der Waals surface area contributed by atoms with Crippen LogP contribution in [0.2, 0.25) is 0 Å². The molecule has 0 aliphatic carbocycles. The van der Waals surface area contributed by atoms with Crippen LogP contribution in [0.3, 0.4) is 0 Å². The molecule has 0 aliphatic rings. The van der Waals surface area contributed by atoms with E-state index in [2.05, 4.69) is 21.4 Å². The number of nitriles is 1. The summed E-state index contributed by atoms with van der Waals surface area (Å²) in [4.78, 5) is 8.72. The summed E-state index contributed by atoms with van der Waals surface area (Å²) in [6.07, 6.45) is 0. The number of rotatable bonds is 4. The van der Waals surface area contributed by atoms with Crippen LogP contribution in [0.1, 0.15) is 28.2 Å². The van der Waals surface area contributed by atoms with E-state index < -0.39 is 0 Å². The highest BCUT2D eigenvalue weighted by molar-refractivity contribution is 5.47. The van der Waals surface area contributed by atoms with Crippen LogP contribution in [-0.2, 0) is 6.61 Å². The van der Waals surface area contributed by atoms with E-state index >= 15 is 0 Å². The fourth-order valence-corrected chi connectivity index (χ4v) is 2.20. The Hall–Kier alpha value is -2.61. The average Bonchev–Trinajstić information content (AvgIpc) is 2.45. The summed E-state index contributed by atoms with van der Waals surface area (Å²) >= 11 is 0. The number of hydrogen-bond acceptors (Lipinski definition) is 5. The van der Waals surface area contributed by atoms with Crippen LogP contribution in [0, 0.1) is 32.1 Å². The van der Waals surface area contributed by atoms with Crippen LogP contribution in [0.5, 0.6) is 5.75 Å². The van der Waals surface area contributed by atoms with Crippen molar-refractivity contribution in [2.75, 3.05) is 12.4 Å². The van der Waals surface area contributed by atoms with Crippen LogP contribution in [0.15, 0.2) is 18.2 Å². The topological polar surface area (TPSA) is 70.8 Å². The third-order valence-corrected chi connectivity index (χ3v) is 3.09. The van der Waals surface area contributed by atoms with Crippen LogP contribution in [-0.4, -0.2) is 17.0 Å². The number of anilines is 1. The standard InChI is InChI=1S/C16H18N4O/c1-10-5-13(8-17)6-11(2)16(10)21-9-15-19-12(3)7-14(18-4)20-15/h5-7H,9H2,1-4H3,(H,18,19,20). The molecule has 0 amide bonds. The molecule has 0 atom stereocenters. The highest BCUT2D eigenvalue weighted by Gasteiger charge is 2.08. The van der Waals surface area contributed by atoms with Crippen molar-refractivity contribution in [3.63, 3.8) is 0 Å². The van der Waals surface area contributed by atoms with Gasteiger partial charge in [-0.25, -0.2) is 9.97 Å². The Morgan fingerprint density at radius 2 is 1.81 bits per heavy atom. The van der Waals surface area contributed by atoms with Crippen molar-refractivity contribution >= 4 is 5.82 Å². The van der Waals surface area contributed by atoms with Gasteiger partial charge in [-0.15, -0.1) is 0 Å². The zero-order valence-electron chi connectivity index (χ0n) is 12.7. The van der Waals surface area contributed by atoms with Crippen molar-refractivity contribution in [2.45, 2.75) is 27.4 Å². The molecular weight excluding hydrogens is 264 g/mol. The molecule has 21 heavy (non-hydrogen) atoms. The SMILES string of the molecule is CNc1cc(C)nc(COc2c(C)cc(C#N)cc2C)n1. The van der Waals surface area contributed by atoms with Gasteiger partial charge in [-0.3, -0.25) is 0 Å². The summed E-state index contributed by atoms with van der Waals surface area (Å²) in [5, 5.41) is 12.0. The Bertz CT molecular complexity index is 681. The molecule has 1 aromatic carbocycles. The third-order valence-electron chi connectivity index (χ3n) is 3.09. The lowest BCUT2D eigenvalue weighted by atomic mass is 10.1. The molecular formula is C16H18N4O. The van der Waals surface area contributed by atoms with Crippen molar-refractivity contribution in [1.82, 2.24) is 9.97 Å². The van der Waals surface area contributed by atoms with Crippen LogP contribution in [0.4, 0.5) is 5.82 Å². The van der Waals surface area contributed by atoms with E-state index in [0.29, 0.717) is 18.0 Å². The lowest BCUT2D eigenvalue weighted by Gasteiger charge is -2.12. The van der Waals surface area contributed by atoms with Gasteiger partial charge in [0.15, 0.2) is 5.82 Å². The fourth-order valence-electron chi connectivity index (χ4n) is 2.20. The first-order chi connectivity index (χ1) is 10.0. The average molecular weight is 282 g/mol. The van der Waals surface area contributed by atoms with E-state index in [-0.39, 0.29) is 0 Å². The Kier molecular flexibility index (Phi) is 4.39. The second-order valence-corrected chi connectivity index (χ2v) is 4.90. The first-order valence-electron chi connectivity index (χ1n) is 6.70. The van der Waals surface area contributed by atoms with Crippen molar-refractivity contribution in [3.05, 3.63) is 46.4 Å². The number of aryl methyl sites for hydroxylation is 3. The number of nitrogens with zero attached hydrogens (tertiary/aromatic N) is 3. The highest BCUT2D eigenvalue weighted by atomic mass is 16.5. The maximum Gasteiger partial charge on any atom is 0.168 e. The Labute approximate surface area is 124 Å². The molecule has 2 rings (SSSR count). The summed E-state index contributed by atoms with van der Waals surface area (Å²) < 4.78 is 5.85. The zero-order chi connectivity index (χ0) is 15.4. The quantitative estimate of drug-likeness (QED) is 0.933. The van der Waals surface area contributed by atoms with Crippen molar-refractivity contribution in [1.29, 1.82) is 5.26 Å². The monoisotopic (exact) mass is 282 g/mol. The van der Waals surface area contributed by atoms with Gasteiger partial charge in [0.05, 0.1) is 11.6 Å². The summed E-state index contributed by atoms with van der Waals surface area (Å²) in [6.45, 7) is 6.08. The van der Waals surface area contributed by atoms with E-state index in [1.807, 2.05) is 46.0 Å². The lowest BCUT2D eigenvalue weighted by Crippen LogP contribution is -2.06. The second-order valence-electron chi connectivity index (χ2n) is 4.90. The molecule has 1 N–H and O–H groups in total. The normalized spacial score (nSPS) is 10.0. The molecule has 0 fully saturated rings. The van der Waals surface area contributed by atoms with Crippen molar-refractivity contribution < 1.29 is 4.74 Å². The van der Waals surface area contributed by atoms with Gasteiger partial charge in [0.25, 0.3) is 0 Å². The van der Waals surface area contributed by atoms with Crippen LogP contribution >= 0.6 is 0 Å². The minimum Gasteiger partial charge on any atom is -0.485 e. The molecule has 1 heterocycles. The Morgan fingerprint density at radius 1 is 1.14 bits per heavy atom. The number of nitrogens with one attached hydrogen (secondary N) is 1. The van der Waals surface area contributed by atoms with Gasteiger partial charge in [0, 0.05) is 18.8 Å². The van der Waals surface area contributed by atoms with E-state index in [1.54, 1.807) is 0 Å². The van der Waals surface area contributed by atoms with Crippen molar-refractivity contribution in [2.24, 2.45) is 0 Å². The molecule has 0 spiro atoms. The Balaban J connectivity index is 2.21. The summed E-state index contributed by atoms with van der Waals surface area (Å²) in [5.74, 6) is 2.18. The molecule has 0 saturated heterocycles. The van der Waals surface area contributed by atoms with Crippen LogP contribution < -0.4 is 10.1 Å². The molecule has 0 unspecified atom stereocenters. The van der Waals surface area contributed by atoms with Crippen molar-refractivity contribution in [3.8, 4) is 11.8 Å². The molecule has 2 aromatic rings. The summed E-state index contributed by atoms with van der Waals surface area (Å²) in [6, 6.07) is 7.66. The lowest BCUT2D eigenvalue weighted by molar-refractivity contribution is 0.291. The summed E-state index contributed by atoms with van der Waals surface area (Å²) in [5.41, 5.74) is 3.41. The van der Waals surface area contributed by atoms with Gasteiger partial charge in [-0.05, 0) is 44.0 Å². The second kappa shape index (κ2) is 6.23. The van der Waals surface area contributed by atoms with E-state index in [9.17, 15) is 0 Å². The van der Waals surface area contributed by atoms with Crippen LogP contribution in [0.25, 0.3) is 0 Å². The zero-order valence-corrected chi connectivity index (χ0v) is 12.7. The third kappa shape index (κ3) is 3.48. The minimum absolute atomic E-state index is 0.296. The Morgan fingerprint density at radius 3 is 2.38 bits per heavy atom. The first kappa shape index (κ1) is 14.8. The maximum atomic E-state index is 8.96. The van der Waals surface area contributed by atoms with Gasteiger partial charge in [-0.1, -0.05) is 0 Å². The largest absolute Gasteiger partial charge is 0.485 e. The molecule has 0 aliphatic heterocycles. The molecule has 0 radical (unpaired) electrons. The summed E-state index contributed by atoms with van der Waals surface area (Å²) in [7, 11) is 1.82. The number of ether oxygens (including phenoxy) is 1. The molecule has 0 bridgehead atoms. The van der Waals surface area contributed by atoms with E-state index in [0.717, 1.165) is 28.4 Å².